The number of carbonyl (C=O) groups is 1. The minimum Gasteiger partial charge on any atom is -0.489 e. The quantitative estimate of drug-likeness (QED) is 0.912. The molecule has 4 nitrogen and oxygen atoms in total. The van der Waals surface area contributed by atoms with E-state index < -0.39 is 0 Å². The van der Waals surface area contributed by atoms with Crippen molar-refractivity contribution in [1.29, 1.82) is 0 Å². The number of hydrogen-bond donors (Lipinski definition) is 2. The largest absolute Gasteiger partial charge is 0.489 e. The lowest BCUT2D eigenvalue weighted by Crippen LogP contribution is -2.23. The summed E-state index contributed by atoms with van der Waals surface area (Å²) in [7, 11) is 1.77. The van der Waals surface area contributed by atoms with Crippen LogP contribution in [0.15, 0.2) is 42.5 Å². The SMILES string of the molecule is CNC1C(=O)Nc2cc(OCc3ccc(Cl)cc3)ccc21. The van der Waals surface area contributed by atoms with Gasteiger partial charge in [-0.3, -0.25) is 4.79 Å². The molecular weight excluding hydrogens is 288 g/mol. The first kappa shape index (κ1) is 13.9. The standard InChI is InChI=1S/C16H15ClN2O2/c1-18-15-13-7-6-12(8-14(13)19-16(15)20)21-9-10-2-4-11(17)5-3-10/h2-8,15,18H,9H2,1H3,(H,19,20). The van der Waals surface area contributed by atoms with Crippen LogP contribution < -0.4 is 15.4 Å². The van der Waals surface area contributed by atoms with Crippen molar-refractivity contribution in [2.45, 2.75) is 12.6 Å². The first-order valence-electron chi connectivity index (χ1n) is 6.66. The van der Waals surface area contributed by atoms with Gasteiger partial charge < -0.3 is 15.4 Å². The fourth-order valence-electron chi connectivity index (χ4n) is 2.37. The number of hydrogen-bond acceptors (Lipinski definition) is 3. The molecule has 0 saturated heterocycles. The van der Waals surface area contributed by atoms with E-state index in [9.17, 15) is 4.79 Å². The van der Waals surface area contributed by atoms with E-state index in [1.165, 1.54) is 0 Å². The molecular formula is C16H15ClN2O2. The monoisotopic (exact) mass is 302 g/mol. The summed E-state index contributed by atoms with van der Waals surface area (Å²) in [4.78, 5) is 11.8. The third-order valence-corrected chi connectivity index (χ3v) is 3.72. The van der Waals surface area contributed by atoms with Gasteiger partial charge in [0.1, 0.15) is 18.4 Å². The molecule has 2 N–H and O–H groups in total. The highest BCUT2D eigenvalue weighted by Crippen LogP contribution is 2.33. The van der Waals surface area contributed by atoms with Gasteiger partial charge in [-0.2, -0.15) is 0 Å². The van der Waals surface area contributed by atoms with Crippen LogP contribution in [0.1, 0.15) is 17.2 Å². The molecule has 0 aliphatic carbocycles. The zero-order valence-electron chi connectivity index (χ0n) is 11.5. The Bertz CT molecular complexity index is 670. The second kappa shape index (κ2) is 5.76. The molecule has 21 heavy (non-hydrogen) atoms. The molecule has 3 rings (SSSR count). The Morgan fingerprint density at radius 1 is 1.24 bits per heavy atom. The van der Waals surface area contributed by atoms with Crippen LogP contribution >= 0.6 is 11.6 Å². The van der Waals surface area contributed by atoms with Gasteiger partial charge in [-0.25, -0.2) is 0 Å². The lowest BCUT2D eigenvalue weighted by molar-refractivity contribution is -0.117. The van der Waals surface area contributed by atoms with Crippen LogP contribution in [0, 0.1) is 0 Å². The van der Waals surface area contributed by atoms with Crippen LogP contribution in [-0.2, 0) is 11.4 Å². The third-order valence-electron chi connectivity index (χ3n) is 3.46. The highest BCUT2D eigenvalue weighted by molar-refractivity contribution is 6.30. The second-order valence-corrected chi connectivity index (χ2v) is 5.31. The molecule has 1 unspecified atom stereocenters. The maximum Gasteiger partial charge on any atom is 0.246 e. The summed E-state index contributed by atoms with van der Waals surface area (Å²) < 4.78 is 5.75. The topological polar surface area (TPSA) is 50.4 Å². The average Bonchev–Trinajstić information content (AvgIpc) is 2.81. The summed E-state index contributed by atoms with van der Waals surface area (Å²) in [5.74, 6) is 0.683. The molecule has 0 spiro atoms. The number of halogens is 1. The van der Waals surface area contributed by atoms with Crippen LogP contribution in [-0.4, -0.2) is 13.0 Å². The molecule has 0 fully saturated rings. The van der Waals surface area contributed by atoms with Crippen molar-refractivity contribution < 1.29 is 9.53 Å². The molecule has 0 radical (unpaired) electrons. The van der Waals surface area contributed by atoms with Crippen LogP contribution in [0.4, 0.5) is 5.69 Å². The Hall–Kier alpha value is -2.04. The van der Waals surface area contributed by atoms with Gasteiger partial charge in [0.15, 0.2) is 0 Å². The lowest BCUT2D eigenvalue weighted by atomic mass is 10.1. The Kier molecular flexibility index (Phi) is 3.82. The van der Waals surface area contributed by atoms with Crippen molar-refractivity contribution in [1.82, 2.24) is 5.32 Å². The van der Waals surface area contributed by atoms with Crippen molar-refractivity contribution in [2.75, 3.05) is 12.4 Å². The minimum atomic E-state index is -0.287. The van der Waals surface area contributed by atoms with E-state index in [0.717, 1.165) is 22.6 Å². The summed E-state index contributed by atoms with van der Waals surface area (Å²) in [6, 6.07) is 12.9. The Balaban J connectivity index is 1.72. The van der Waals surface area contributed by atoms with Crippen molar-refractivity contribution in [3.63, 3.8) is 0 Å². The maximum atomic E-state index is 11.8. The van der Waals surface area contributed by atoms with Crippen LogP contribution in [0.5, 0.6) is 5.75 Å². The van der Waals surface area contributed by atoms with Crippen molar-refractivity contribution in [3.8, 4) is 5.75 Å². The zero-order valence-corrected chi connectivity index (χ0v) is 12.3. The molecule has 0 bridgehead atoms. The van der Waals surface area contributed by atoms with Crippen LogP contribution in [0.25, 0.3) is 0 Å². The number of benzene rings is 2. The van der Waals surface area contributed by atoms with Gasteiger partial charge >= 0.3 is 0 Å². The van der Waals surface area contributed by atoms with Gasteiger partial charge in [-0.05, 0) is 30.8 Å². The molecule has 0 saturated carbocycles. The first-order valence-corrected chi connectivity index (χ1v) is 7.04. The fraction of sp³-hybridized carbons (Fsp3) is 0.188. The summed E-state index contributed by atoms with van der Waals surface area (Å²) >= 11 is 5.85. The van der Waals surface area contributed by atoms with E-state index in [4.69, 9.17) is 16.3 Å². The van der Waals surface area contributed by atoms with E-state index in [-0.39, 0.29) is 11.9 Å². The highest BCUT2D eigenvalue weighted by Gasteiger charge is 2.29. The average molecular weight is 303 g/mol. The highest BCUT2D eigenvalue weighted by atomic mass is 35.5. The number of anilines is 1. The van der Waals surface area contributed by atoms with E-state index in [1.807, 2.05) is 42.5 Å². The summed E-state index contributed by atoms with van der Waals surface area (Å²) in [6.07, 6.45) is 0. The summed E-state index contributed by atoms with van der Waals surface area (Å²) in [5, 5.41) is 6.54. The number of carbonyl (C=O) groups excluding carboxylic acids is 1. The smallest absolute Gasteiger partial charge is 0.246 e. The van der Waals surface area contributed by atoms with Crippen molar-refractivity contribution in [2.24, 2.45) is 0 Å². The fourth-order valence-corrected chi connectivity index (χ4v) is 2.49. The second-order valence-electron chi connectivity index (χ2n) is 4.88. The van der Waals surface area contributed by atoms with Gasteiger partial charge in [0, 0.05) is 22.3 Å². The number of likely N-dealkylation sites (N-methyl/N-ethyl adjacent to an activating group) is 1. The zero-order chi connectivity index (χ0) is 14.8. The normalized spacial score (nSPS) is 16.5. The first-order chi connectivity index (χ1) is 10.2. The number of rotatable bonds is 4. The van der Waals surface area contributed by atoms with Crippen LogP contribution in [0.3, 0.4) is 0 Å². The van der Waals surface area contributed by atoms with Gasteiger partial charge in [0.05, 0.1) is 0 Å². The molecule has 1 amide bonds. The molecule has 2 aromatic rings. The molecule has 1 atom stereocenters. The number of amides is 1. The predicted molar refractivity (Wildman–Crippen MR) is 82.7 cm³/mol. The molecule has 108 valence electrons. The van der Waals surface area contributed by atoms with E-state index in [0.29, 0.717) is 11.6 Å². The van der Waals surface area contributed by atoms with Gasteiger partial charge in [0.25, 0.3) is 0 Å². The predicted octanol–water partition coefficient (Wildman–Crippen LogP) is 3.13. The summed E-state index contributed by atoms with van der Waals surface area (Å²) in [6.45, 7) is 0.458. The Morgan fingerprint density at radius 2 is 2.00 bits per heavy atom. The van der Waals surface area contributed by atoms with E-state index in [1.54, 1.807) is 7.05 Å². The molecule has 1 aliphatic rings. The number of ether oxygens (including phenoxy) is 1. The number of fused-ring (bicyclic) bond motifs is 1. The van der Waals surface area contributed by atoms with Gasteiger partial charge in [0.2, 0.25) is 5.91 Å². The van der Waals surface area contributed by atoms with E-state index in [2.05, 4.69) is 10.6 Å². The summed E-state index contributed by atoms with van der Waals surface area (Å²) in [5.41, 5.74) is 2.78. The van der Waals surface area contributed by atoms with Crippen molar-refractivity contribution >= 4 is 23.2 Å². The third kappa shape index (κ3) is 2.86. The molecule has 1 aliphatic heterocycles. The van der Waals surface area contributed by atoms with Gasteiger partial charge in [-0.15, -0.1) is 0 Å². The Morgan fingerprint density at radius 3 is 2.71 bits per heavy atom. The van der Waals surface area contributed by atoms with Crippen LogP contribution in [0.2, 0.25) is 5.02 Å². The molecule has 5 heteroatoms. The lowest BCUT2D eigenvalue weighted by Gasteiger charge is -2.09. The number of nitrogens with one attached hydrogen (secondary N) is 2. The maximum absolute atomic E-state index is 11.8. The van der Waals surface area contributed by atoms with Gasteiger partial charge in [-0.1, -0.05) is 29.8 Å². The molecule has 2 aromatic carbocycles. The minimum absolute atomic E-state index is 0.0395. The van der Waals surface area contributed by atoms with Crippen molar-refractivity contribution in [3.05, 3.63) is 58.6 Å². The van der Waals surface area contributed by atoms with E-state index >= 15 is 0 Å². The molecule has 1 heterocycles. The Labute approximate surface area is 128 Å². The molecule has 0 aromatic heterocycles.